The van der Waals surface area contributed by atoms with Gasteiger partial charge in [0.1, 0.15) is 0 Å². The van der Waals surface area contributed by atoms with Crippen molar-refractivity contribution in [3.05, 3.63) is 34.9 Å². The van der Waals surface area contributed by atoms with Crippen LogP contribution in [0.15, 0.2) is 18.2 Å². The van der Waals surface area contributed by atoms with Gasteiger partial charge in [-0.05, 0) is 56.3 Å². The third-order valence-electron chi connectivity index (χ3n) is 4.19. The molecule has 0 aromatic heterocycles. The SMILES string of the molecule is Cc1cccc(C)c1C(=O)NCC1(C)CCNCC1. The van der Waals surface area contributed by atoms with E-state index in [4.69, 9.17) is 0 Å². The number of benzene rings is 1. The van der Waals surface area contributed by atoms with Crippen LogP contribution in [0.1, 0.15) is 41.3 Å². The van der Waals surface area contributed by atoms with Gasteiger partial charge in [0.25, 0.3) is 5.91 Å². The summed E-state index contributed by atoms with van der Waals surface area (Å²) in [4.78, 5) is 12.3. The molecule has 0 unspecified atom stereocenters. The highest BCUT2D eigenvalue weighted by molar-refractivity contribution is 5.97. The van der Waals surface area contributed by atoms with Gasteiger partial charge in [-0.15, -0.1) is 0 Å². The van der Waals surface area contributed by atoms with Crippen molar-refractivity contribution >= 4 is 5.91 Å². The Hall–Kier alpha value is -1.35. The second-order valence-electron chi connectivity index (χ2n) is 6.01. The van der Waals surface area contributed by atoms with Gasteiger partial charge in [0.15, 0.2) is 0 Å². The van der Waals surface area contributed by atoms with Crippen LogP contribution >= 0.6 is 0 Å². The van der Waals surface area contributed by atoms with Crippen molar-refractivity contribution in [1.82, 2.24) is 10.6 Å². The first-order valence-electron chi connectivity index (χ1n) is 7.07. The zero-order valence-electron chi connectivity index (χ0n) is 12.2. The lowest BCUT2D eigenvalue weighted by molar-refractivity contribution is 0.0921. The third-order valence-corrected chi connectivity index (χ3v) is 4.19. The summed E-state index contributed by atoms with van der Waals surface area (Å²) in [5, 5.41) is 6.49. The number of aryl methyl sites for hydroxylation is 2. The van der Waals surface area contributed by atoms with E-state index in [0.29, 0.717) is 0 Å². The van der Waals surface area contributed by atoms with E-state index < -0.39 is 0 Å². The summed E-state index contributed by atoms with van der Waals surface area (Å²) in [5.41, 5.74) is 3.17. The van der Waals surface area contributed by atoms with Gasteiger partial charge in [-0.1, -0.05) is 25.1 Å². The van der Waals surface area contributed by atoms with E-state index in [9.17, 15) is 4.79 Å². The number of hydrogen-bond acceptors (Lipinski definition) is 2. The van der Waals surface area contributed by atoms with Crippen LogP contribution in [-0.2, 0) is 0 Å². The Balaban J connectivity index is 2.01. The highest BCUT2D eigenvalue weighted by Gasteiger charge is 2.27. The number of amides is 1. The van der Waals surface area contributed by atoms with Gasteiger partial charge in [0.05, 0.1) is 0 Å². The van der Waals surface area contributed by atoms with Crippen LogP contribution < -0.4 is 10.6 Å². The first kappa shape index (κ1) is 14.1. The van der Waals surface area contributed by atoms with Crippen molar-refractivity contribution in [3.63, 3.8) is 0 Å². The molecule has 1 aromatic carbocycles. The molecule has 1 aliphatic heterocycles. The molecule has 0 saturated carbocycles. The lowest BCUT2D eigenvalue weighted by Gasteiger charge is -2.34. The zero-order chi connectivity index (χ0) is 13.9. The molecule has 0 radical (unpaired) electrons. The maximum absolute atomic E-state index is 12.3. The van der Waals surface area contributed by atoms with Crippen LogP contribution in [0.3, 0.4) is 0 Å². The van der Waals surface area contributed by atoms with Gasteiger partial charge in [-0.25, -0.2) is 0 Å². The number of nitrogens with one attached hydrogen (secondary N) is 2. The van der Waals surface area contributed by atoms with Crippen LogP contribution in [0.2, 0.25) is 0 Å². The molecule has 3 nitrogen and oxygen atoms in total. The van der Waals surface area contributed by atoms with Gasteiger partial charge in [0.2, 0.25) is 0 Å². The van der Waals surface area contributed by atoms with Crippen molar-refractivity contribution in [3.8, 4) is 0 Å². The predicted octanol–water partition coefficient (Wildman–Crippen LogP) is 2.42. The molecule has 0 atom stereocenters. The van der Waals surface area contributed by atoms with E-state index in [2.05, 4.69) is 17.6 Å². The van der Waals surface area contributed by atoms with Gasteiger partial charge in [0, 0.05) is 12.1 Å². The average Bonchev–Trinajstić information content (AvgIpc) is 2.37. The highest BCUT2D eigenvalue weighted by atomic mass is 16.1. The lowest BCUT2D eigenvalue weighted by atomic mass is 9.81. The van der Waals surface area contributed by atoms with E-state index in [1.54, 1.807) is 0 Å². The van der Waals surface area contributed by atoms with E-state index >= 15 is 0 Å². The minimum atomic E-state index is 0.0651. The van der Waals surface area contributed by atoms with Crippen LogP contribution in [0, 0.1) is 19.3 Å². The molecule has 0 aliphatic carbocycles. The zero-order valence-corrected chi connectivity index (χ0v) is 12.2. The van der Waals surface area contributed by atoms with Crippen molar-refractivity contribution < 1.29 is 4.79 Å². The normalized spacial score (nSPS) is 18.1. The van der Waals surface area contributed by atoms with Gasteiger partial charge < -0.3 is 10.6 Å². The Kier molecular flexibility index (Phi) is 4.25. The average molecular weight is 260 g/mol. The largest absolute Gasteiger partial charge is 0.351 e. The summed E-state index contributed by atoms with van der Waals surface area (Å²) >= 11 is 0. The monoisotopic (exact) mass is 260 g/mol. The molecule has 1 fully saturated rings. The molecule has 104 valence electrons. The molecule has 0 spiro atoms. The molecule has 19 heavy (non-hydrogen) atoms. The molecule has 2 rings (SSSR count). The van der Waals surface area contributed by atoms with Gasteiger partial charge in [-0.3, -0.25) is 4.79 Å². The lowest BCUT2D eigenvalue weighted by Crippen LogP contribution is -2.43. The van der Waals surface area contributed by atoms with Crippen LogP contribution in [0.4, 0.5) is 0 Å². The summed E-state index contributed by atoms with van der Waals surface area (Å²) in [7, 11) is 0. The standard InChI is InChI=1S/C16H24N2O/c1-12-5-4-6-13(2)14(12)15(19)18-11-16(3)7-9-17-10-8-16/h4-6,17H,7-11H2,1-3H3,(H,18,19). The first-order valence-corrected chi connectivity index (χ1v) is 7.07. The van der Waals surface area contributed by atoms with Crippen molar-refractivity contribution in [2.75, 3.05) is 19.6 Å². The fourth-order valence-electron chi connectivity index (χ4n) is 2.76. The second kappa shape index (κ2) is 5.74. The number of carbonyl (C=O) groups is 1. The number of piperidine rings is 1. The summed E-state index contributed by atoms with van der Waals surface area (Å²) in [6.07, 6.45) is 2.25. The second-order valence-corrected chi connectivity index (χ2v) is 6.01. The van der Waals surface area contributed by atoms with Crippen molar-refractivity contribution in [2.24, 2.45) is 5.41 Å². The van der Waals surface area contributed by atoms with Gasteiger partial charge in [-0.2, -0.15) is 0 Å². The fourth-order valence-corrected chi connectivity index (χ4v) is 2.76. The first-order chi connectivity index (χ1) is 9.02. The Morgan fingerprint density at radius 3 is 2.42 bits per heavy atom. The minimum absolute atomic E-state index is 0.0651. The van der Waals surface area contributed by atoms with Crippen LogP contribution in [0.25, 0.3) is 0 Å². The minimum Gasteiger partial charge on any atom is -0.351 e. The van der Waals surface area contributed by atoms with Gasteiger partial charge >= 0.3 is 0 Å². The van der Waals surface area contributed by atoms with Crippen molar-refractivity contribution in [1.29, 1.82) is 0 Å². The maximum Gasteiger partial charge on any atom is 0.251 e. The number of rotatable bonds is 3. The molecule has 2 N–H and O–H groups in total. The van der Waals surface area contributed by atoms with E-state index in [1.165, 1.54) is 0 Å². The molecular formula is C16H24N2O. The van der Waals surface area contributed by atoms with E-state index in [0.717, 1.165) is 49.2 Å². The molecule has 1 aromatic rings. The third kappa shape index (κ3) is 3.35. The Morgan fingerprint density at radius 1 is 1.26 bits per heavy atom. The summed E-state index contributed by atoms with van der Waals surface area (Å²) in [6, 6.07) is 5.98. The van der Waals surface area contributed by atoms with Crippen LogP contribution in [-0.4, -0.2) is 25.5 Å². The smallest absolute Gasteiger partial charge is 0.251 e. The Morgan fingerprint density at radius 2 is 1.84 bits per heavy atom. The molecule has 0 bridgehead atoms. The summed E-state index contributed by atoms with van der Waals surface area (Å²) in [6.45, 7) is 9.12. The quantitative estimate of drug-likeness (QED) is 0.876. The molecule has 1 saturated heterocycles. The summed E-state index contributed by atoms with van der Waals surface area (Å²) in [5.74, 6) is 0.0651. The predicted molar refractivity (Wildman–Crippen MR) is 78.5 cm³/mol. The number of carbonyl (C=O) groups excluding carboxylic acids is 1. The van der Waals surface area contributed by atoms with Crippen molar-refractivity contribution in [2.45, 2.75) is 33.6 Å². The topological polar surface area (TPSA) is 41.1 Å². The van der Waals surface area contributed by atoms with Crippen LogP contribution in [0.5, 0.6) is 0 Å². The van der Waals surface area contributed by atoms with E-state index in [1.807, 2.05) is 32.0 Å². The molecule has 3 heteroatoms. The Labute approximate surface area is 115 Å². The summed E-state index contributed by atoms with van der Waals surface area (Å²) < 4.78 is 0. The Bertz CT molecular complexity index is 442. The molecule has 1 heterocycles. The van der Waals surface area contributed by atoms with E-state index in [-0.39, 0.29) is 11.3 Å². The highest BCUT2D eigenvalue weighted by Crippen LogP contribution is 2.27. The molecule has 1 amide bonds. The molecular weight excluding hydrogens is 236 g/mol. The fraction of sp³-hybridized carbons (Fsp3) is 0.562. The maximum atomic E-state index is 12.3. The molecule has 1 aliphatic rings. The number of hydrogen-bond donors (Lipinski definition) is 2.